The van der Waals surface area contributed by atoms with Gasteiger partial charge >= 0.3 is 5.97 Å². The molecule has 0 aliphatic carbocycles. The Kier molecular flexibility index (Phi) is 5.14. The topological polar surface area (TPSA) is 87.9 Å². The van der Waals surface area contributed by atoms with Crippen LogP contribution in [0, 0.1) is 10.1 Å². The number of hydrogen-bond acceptors (Lipinski definition) is 6. The third kappa shape index (κ3) is 3.97. The smallest absolute Gasteiger partial charge is 0.337 e. The number of ether oxygens (including phenoxy) is 3. The molecule has 0 aliphatic heterocycles. The van der Waals surface area contributed by atoms with Crippen LogP contribution in [0.2, 0.25) is 0 Å². The SMILES string of the molecule is COC(=O)c1cccc(COc2ccc([N+](=O)[O-])cc2OC)c1. The highest BCUT2D eigenvalue weighted by molar-refractivity contribution is 5.89. The lowest BCUT2D eigenvalue weighted by atomic mass is 10.1. The first kappa shape index (κ1) is 16.3. The quantitative estimate of drug-likeness (QED) is 0.462. The van der Waals surface area contributed by atoms with Crippen LogP contribution < -0.4 is 9.47 Å². The van der Waals surface area contributed by atoms with E-state index in [4.69, 9.17) is 9.47 Å². The Morgan fingerprint density at radius 3 is 2.57 bits per heavy atom. The second-order valence-electron chi connectivity index (χ2n) is 4.57. The number of nitro groups is 1. The van der Waals surface area contributed by atoms with Crippen molar-refractivity contribution in [1.82, 2.24) is 0 Å². The largest absolute Gasteiger partial charge is 0.493 e. The molecule has 0 amide bonds. The van der Waals surface area contributed by atoms with Crippen molar-refractivity contribution in [3.8, 4) is 11.5 Å². The molecule has 2 rings (SSSR count). The Morgan fingerprint density at radius 2 is 1.91 bits per heavy atom. The first-order valence-corrected chi connectivity index (χ1v) is 6.67. The highest BCUT2D eigenvalue weighted by atomic mass is 16.6. The summed E-state index contributed by atoms with van der Waals surface area (Å²) < 4.78 is 15.4. The summed E-state index contributed by atoms with van der Waals surface area (Å²) >= 11 is 0. The molecule has 0 spiro atoms. The molecule has 2 aromatic carbocycles. The molecule has 0 bridgehead atoms. The van der Waals surface area contributed by atoms with Crippen LogP contribution >= 0.6 is 0 Å². The fourth-order valence-electron chi connectivity index (χ4n) is 1.96. The highest BCUT2D eigenvalue weighted by Gasteiger charge is 2.13. The predicted octanol–water partition coefficient (Wildman–Crippen LogP) is 2.97. The number of hydrogen-bond donors (Lipinski definition) is 0. The van der Waals surface area contributed by atoms with E-state index in [9.17, 15) is 14.9 Å². The molecule has 7 nitrogen and oxygen atoms in total. The van der Waals surface area contributed by atoms with E-state index in [2.05, 4.69) is 4.74 Å². The highest BCUT2D eigenvalue weighted by Crippen LogP contribution is 2.31. The van der Waals surface area contributed by atoms with Crippen LogP contribution in [-0.4, -0.2) is 25.1 Å². The van der Waals surface area contributed by atoms with Crippen molar-refractivity contribution < 1.29 is 23.9 Å². The van der Waals surface area contributed by atoms with Crippen LogP contribution in [0.4, 0.5) is 5.69 Å². The van der Waals surface area contributed by atoms with Crippen LogP contribution in [0.3, 0.4) is 0 Å². The third-order valence-corrected chi connectivity index (χ3v) is 3.10. The number of benzene rings is 2. The maximum atomic E-state index is 11.5. The first-order valence-electron chi connectivity index (χ1n) is 6.67. The minimum atomic E-state index is -0.508. The Labute approximate surface area is 132 Å². The number of esters is 1. The predicted molar refractivity (Wildman–Crippen MR) is 81.8 cm³/mol. The lowest BCUT2D eigenvalue weighted by Gasteiger charge is -2.11. The lowest BCUT2D eigenvalue weighted by molar-refractivity contribution is -0.385. The molecule has 0 saturated carbocycles. The molecule has 0 unspecified atom stereocenters. The normalized spacial score (nSPS) is 10.0. The number of carbonyl (C=O) groups excluding carboxylic acids is 1. The van der Waals surface area contributed by atoms with Gasteiger partial charge in [0, 0.05) is 6.07 Å². The van der Waals surface area contributed by atoms with Gasteiger partial charge in [0.15, 0.2) is 11.5 Å². The molecule has 23 heavy (non-hydrogen) atoms. The van der Waals surface area contributed by atoms with E-state index in [-0.39, 0.29) is 18.0 Å². The van der Waals surface area contributed by atoms with E-state index < -0.39 is 10.9 Å². The van der Waals surface area contributed by atoms with Gasteiger partial charge in [-0.15, -0.1) is 0 Å². The van der Waals surface area contributed by atoms with Crippen molar-refractivity contribution >= 4 is 11.7 Å². The summed E-state index contributed by atoms with van der Waals surface area (Å²) in [5.74, 6) is 0.213. The van der Waals surface area contributed by atoms with Gasteiger partial charge in [-0.2, -0.15) is 0 Å². The Bertz CT molecular complexity index is 728. The summed E-state index contributed by atoms with van der Waals surface area (Å²) in [5.41, 5.74) is 1.10. The van der Waals surface area contributed by atoms with E-state index in [0.29, 0.717) is 11.3 Å². The number of nitrogens with zero attached hydrogens (tertiary/aromatic N) is 1. The molecule has 0 radical (unpaired) electrons. The molecule has 0 heterocycles. The Hall–Kier alpha value is -3.09. The lowest BCUT2D eigenvalue weighted by Crippen LogP contribution is -2.03. The van der Waals surface area contributed by atoms with Crippen LogP contribution in [0.5, 0.6) is 11.5 Å². The zero-order chi connectivity index (χ0) is 16.8. The summed E-state index contributed by atoms with van der Waals surface area (Å²) in [7, 11) is 2.72. The molecule has 0 atom stereocenters. The van der Waals surface area contributed by atoms with Gasteiger partial charge in [-0.3, -0.25) is 10.1 Å². The van der Waals surface area contributed by atoms with Gasteiger partial charge in [0.2, 0.25) is 0 Å². The maximum absolute atomic E-state index is 11.5. The van der Waals surface area contributed by atoms with Crippen molar-refractivity contribution in [3.63, 3.8) is 0 Å². The van der Waals surface area contributed by atoms with Crippen molar-refractivity contribution in [2.24, 2.45) is 0 Å². The molecule has 0 fully saturated rings. The molecule has 7 heteroatoms. The molecule has 0 N–H and O–H groups in total. The van der Waals surface area contributed by atoms with Gasteiger partial charge in [-0.1, -0.05) is 12.1 Å². The van der Waals surface area contributed by atoms with Gasteiger partial charge in [-0.05, 0) is 23.8 Å². The van der Waals surface area contributed by atoms with Crippen LogP contribution in [0.15, 0.2) is 42.5 Å². The molecule has 0 saturated heterocycles. The van der Waals surface area contributed by atoms with E-state index in [0.717, 1.165) is 5.56 Å². The van der Waals surface area contributed by atoms with E-state index >= 15 is 0 Å². The molecular weight excluding hydrogens is 302 g/mol. The minimum absolute atomic E-state index is 0.0816. The number of non-ortho nitro benzene ring substituents is 1. The fourth-order valence-corrected chi connectivity index (χ4v) is 1.96. The number of rotatable bonds is 6. The van der Waals surface area contributed by atoms with E-state index in [1.165, 1.54) is 32.4 Å². The van der Waals surface area contributed by atoms with Gasteiger partial charge < -0.3 is 14.2 Å². The number of methoxy groups -OCH3 is 2. The van der Waals surface area contributed by atoms with Gasteiger partial charge in [-0.25, -0.2) is 4.79 Å². The fraction of sp³-hybridized carbons (Fsp3) is 0.188. The average molecular weight is 317 g/mol. The number of nitro benzene ring substituents is 1. The first-order chi connectivity index (χ1) is 11.0. The maximum Gasteiger partial charge on any atom is 0.337 e. The second-order valence-corrected chi connectivity index (χ2v) is 4.57. The monoisotopic (exact) mass is 317 g/mol. The van der Waals surface area contributed by atoms with Crippen molar-refractivity contribution in [2.45, 2.75) is 6.61 Å². The van der Waals surface area contributed by atoms with E-state index in [1.54, 1.807) is 24.3 Å². The Balaban J connectivity index is 2.14. The molecular formula is C16H15NO6. The van der Waals surface area contributed by atoms with Gasteiger partial charge in [0.05, 0.1) is 30.8 Å². The second kappa shape index (κ2) is 7.26. The number of carbonyl (C=O) groups is 1. The average Bonchev–Trinajstić information content (AvgIpc) is 2.59. The molecule has 0 aromatic heterocycles. The summed E-state index contributed by atoms with van der Waals surface area (Å²) in [6.07, 6.45) is 0. The molecule has 2 aromatic rings. The minimum Gasteiger partial charge on any atom is -0.493 e. The standard InChI is InChI=1S/C16H15NO6/c1-21-15-9-13(17(19)20)6-7-14(15)23-10-11-4-3-5-12(8-11)16(18)22-2/h3-9H,10H2,1-2H3. The van der Waals surface area contributed by atoms with Crippen molar-refractivity contribution in [1.29, 1.82) is 0 Å². The Morgan fingerprint density at radius 1 is 1.13 bits per heavy atom. The summed E-state index contributed by atoms with van der Waals surface area (Å²) in [6, 6.07) is 10.9. The molecule has 0 aliphatic rings. The van der Waals surface area contributed by atoms with Gasteiger partial charge in [0.25, 0.3) is 5.69 Å². The van der Waals surface area contributed by atoms with E-state index in [1.807, 2.05) is 0 Å². The summed E-state index contributed by atoms with van der Waals surface area (Å²) in [6.45, 7) is 0.180. The van der Waals surface area contributed by atoms with Gasteiger partial charge in [0.1, 0.15) is 6.61 Å². The zero-order valence-electron chi connectivity index (χ0n) is 12.6. The molecule has 120 valence electrons. The third-order valence-electron chi connectivity index (χ3n) is 3.10. The van der Waals surface area contributed by atoms with Crippen molar-refractivity contribution in [3.05, 3.63) is 63.7 Å². The summed E-state index contributed by atoms with van der Waals surface area (Å²) in [4.78, 5) is 21.7. The van der Waals surface area contributed by atoms with Crippen LogP contribution in [-0.2, 0) is 11.3 Å². The van der Waals surface area contributed by atoms with Crippen LogP contribution in [0.25, 0.3) is 0 Å². The van der Waals surface area contributed by atoms with Crippen molar-refractivity contribution in [2.75, 3.05) is 14.2 Å². The zero-order valence-corrected chi connectivity index (χ0v) is 12.6. The van der Waals surface area contributed by atoms with Crippen LogP contribution in [0.1, 0.15) is 15.9 Å². The summed E-state index contributed by atoms with van der Waals surface area (Å²) in [5, 5.41) is 10.8.